The number of hydrogen-bond donors (Lipinski definition) is 1. The van der Waals surface area contributed by atoms with Gasteiger partial charge in [0.1, 0.15) is 11.3 Å². The van der Waals surface area contributed by atoms with Crippen LogP contribution >= 0.6 is 11.3 Å². The van der Waals surface area contributed by atoms with E-state index in [0.717, 1.165) is 16.5 Å². The molecule has 0 spiro atoms. The SMILES string of the molecule is CNCc1ncn(Cc2nc(C)cs2)n1. The Balaban J connectivity index is 2.04. The van der Waals surface area contributed by atoms with Crippen LogP contribution in [0.15, 0.2) is 11.7 Å². The van der Waals surface area contributed by atoms with Gasteiger partial charge in [0.15, 0.2) is 5.82 Å². The van der Waals surface area contributed by atoms with Crippen LogP contribution < -0.4 is 5.32 Å². The molecule has 2 aromatic heterocycles. The molecule has 0 amide bonds. The molecule has 0 radical (unpaired) electrons. The Kier molecular flexibility index (Phi) is 3.08. The van der Waals surface area contributed by atoms with Gasteiger partial charge < -0.3 is 5.32 Å². The third-order valence-corrected chi connectivity index (χ3v) is 2.83. The van der Waals surface area contributed by atoms with Crippen molar-refractivity contribution in [2.24, 2.45) is 0 Å². The van der Waals surface area contributed by atoms with Crippen LogP contribution in [0.3, 0.4) is 0 Å². The summed E-state index contributed by atoms with van der Waals surface area (Å²) in [6, 6.07) is 0. The lowest BCUT2D eigenvalue weighted by Gasteiger charge is -1.95. The number of nitrogens with one attached hydrogen (secondary N) is 1. The van der Waals surface area contributed by atoms with E-state index in [1.807, 2.05) is 24.0 Å². The van der Waals surface area contributed by atoms with Gasteiger partial charge in [0.05, 0.1) is 13.1 Å². The second-order valence-electron chi connectivity index (χ2n) is 3.27. The van der Waals surface area contributed by atoms with Crippen LogP contribution in [-0.2, 0) is 13.1 Å². The van der Waals surface area contributed by atoms with E-state index in [4.69, 9.17) is 0 Å². The van der Waals surface area contributed by atoms with Gasteiger partial charge in [0, 0.05) is 11.1 Å². The molecule has 0 aromatic carbocycles. The van der Waals surface area contributed by atoms with Crippen molar-refractivity contribution in [2.75, 3.05) is 7.05 Å². The van der Waals surface area contributed by atoms with Gasteiger partial charge in [-0.2, -0.15) is 5.10 Å². The number of hydrogen-bond acceptors (Lipinski definition) is 5. The van der Waals surface area contributed by atoms with Crippen LogP contribution in [0, 0.1) is 6.92 Å². The molecule has 0 aliphatic carbocycles. The Hall–Kier alpha value is -1.27. The van der Waals surface area contributed by atoms with E-state index in [2.05, 4.69) is 20.4 Å². The molecule has 0 bridgehead atoms. The van der Waals surface area contributed by atoms with Crippen molar-refractivity contribution in [2.45, 2.75) is 20.0 Å². The van der Waals surface area contributed by atoms with Crippen LogP contribution in [-0.4, -0.2) is 26.8 Å². The molecule has 0 atom stereocenters. The van der Waals surface area contributed by atoms with Gasteiger partial charge in [0.25, 0.3) is 0 Å². The van der Waals surface area contributed by atoms with Crippen LogP contribution in [0.4, 0.5) is 0 Å². The third-order valence-electron chi connectivity index (χ3n) is 1.88. The number of rotatable bonds is 4. The molecule has 0 aliphatic heterocycles. The van der Waals surface area contributed by atoms with Crippen LogP contribution in [0.5, 0.6) is 0 Å². The molecule has 5 nitrogen and oxygen atoms in total. The van der Waals surface area contributed by atoms with Gasteiger partial charge >= 0.3 is 0 Å². The van der Waals surface area contributed by atoms with E-state index in [1.165, 1.54) is 0 Å². The van der Waals surface area contributed by atoms with Crippen molar-refractivity contribution in [1.82, 2.24) is 25.1 Å². The molecule has 0 unspecified atom stereocenters. The molecule has 15 heavy (non-hydrogen) atoms. The fraction of sp³-hybridized carbons (Fsp3) is 0.444. The molecule has 0 saturated heterocycles. The molecule has 2 rings (SSSR count). The number of aryl methyl sites for hydroxylation is 1. The average Bonchev–Trinajstić information content (AvgIpc) is 2.78. The standard InChI is InChI=1S/C9H13N5S/c1-7-5-15-9(12-7)4-14-6-11-8(13-14)3-10-2/h5-6,10H,3-4H2,1-2H3. The van der Waals surface area contributed by atoms with E-state index < -0.39 is 0 Å². The lowest BCUT2D eigenvalue weighted by atomic mass is 10.6. The molecule has 2 aromatic rings. The molecular formula is C9H13N5S. The zero-order valence-corrected chi connectivity index (χ0v) is 9.58. The maximum absolute atomic E-state index is 4.38. The maximum atomic E-state index is 4.38. The van der Waals surface area contributed by atoms with E-state index >= 15 is 0 Å². The summed E-state index contributed by atoms with van der Waals surface area (Å²) < 4.78 is 1.81. The molecule has 80 valence electrons. The molecule has 0 aliphatic rings. The Morgan fingerprint density at radius 2 is 2.40 bits per heavy atom. The Labute approximate surface area is 92.2 Å². The minimum atomic E-state index is 0.698. The number of thiazole rings is 1. The molecule has 6 heteroatoms. The van der Waals surface area contributed by atoms with Gasteiger partial charge in [-0.25, -0.2) is 14.6 Å². The number of nitrogens with zero attached hydrogens (tertiary/aromatic N) is 4. The summed E-state index contributed by atoms with van der Waals surface area (Å²) in [5.74, 6) is 0.811. The Morgan fingerprint density at radius 1 is 1.53 bits per heavy atom. The van der Waals surface area contributed by atoms with Crippen molar-refractivity contribution >= 4 is 11.3 Å². The summed E-state index contributed by atoms with van der Waals surface area (Å²) in [6.07, 6.45) is 1.74. The topological polar surface area (TPSA) is 55.6 Å². The summed E-state index contributed by atoms with van der Waals surface area (Å²) in [4.78, 5) is 8.55. The van der Waals surface area contributed by atoms with E-state index in [0.29, 0.717) is 13.1 Å². The van der Waals surface area contributed by atoms with Crippen molar-refractivity contribution < 1.29 is 0 Å². The van der Waals surface area contributed by atoms with Gasteiger partial charge in [-0.3, -0.25) is 0 Å². The van der Waals surface area contributed by atoms with Crippen LogP contribution in [0.2, 0.25) is 0 Å². The van der Waals surface area contributed by atoms with Gasteiger partial charge in [0.2, 0.25) is 0 Å². The monoisotopic (exact) mass is 223 g/mol. The summed E-state index contributed by atoms with van der Waals surface area (Å²) in [5.41, 5.74) is 1.06. The van der Waals surface area contributed by atoms with E-state index in [9.17, 15) is 0 Å². The van der Waals surface area contributed by atoms with E-state index in [-0.39, 0.29) is 0 Å². The van der Waals surface area contributed by atoms with Crippen molar-refractivity contribution in [3.63, 3.8) is 0 Å². The molecule has 0 saturated carbocycles. The van der Waals surface area contributed by atoms with Crippen molar-refractivity contribution in [3.8, 4) is 0 Å². The first-order valence-electron chi connectivity index (χ1n) is 4.72. The predicted octanol–water partition coefficient (Wildman–Crippen LogP) is 0.811. The second kappa shape index (κ2) is 4.50. The molecule has 2 heterocycles. The highest BCUT2D eigenvalue weighted by Crippen LogP contribution is 2.09. The van der Waals surface area contributed by atoms with Gasteiger partial charge in [-0.05, 0) is 14.0 Å². The first-order chi connectivity index (χ1) is 7.28. The lowest BCUT2D eigenvalue weighted by Crippen LogP contribution is -2.08. The average molecular weight is 223 g/mol. The van der Waals surface area contributed by atoms with Gasteiger partial charge in [-0.1, -0.05) is 0 Å². The zero-order chi connectivity index (χ0) is 10.7. The van der Waals surface area contributed by atoms with E-state index in [1.54, 1.807) is 17.7 Å². The quantitative estimate of drug-likeness (QED) is 0.833. The molecular weight excluding hydrogens is 210 g/mol. The highest BCUT2D eigenvalue weighted by molar-refractivity contribution is 7.09. The summed E-state index contributed by atoms with van der Waals surface area (Å²) in [6.45, 7) is 3.40. The summed E-state index contributed by atoms with van der Waals surface area (Å²) >= 11 is 1.65. The van der Waals surface area contributed by atoms with Crippen molar-refractivity contribution in [1.29, 1.82) is 0 Å². The molecule has 1 N–H and O–H groups in total. The highest BCUT2D eigenvalue weighted by atomic mass is 32.1. The largest absolute Gasteiger partial charge is 0.313 e. The first-order valence-corrected chi connectivity index (χ1v) is 5.60. The third kappa shape index (κ3) is 2.60. The fourth-order valence-corrected chi connectivity index (χ4v) is 2.03. The Morgan fingerprint density at radius 3 is 3.07 bits per heavy atom. The fourth-order valence-electron chi connectivity index (χ4n) is 1.26. The lowest BCUT2D eigenvalue weighted by molar-refractivity contribution is 0.655. The predicted molar refractivity (Wildman–Crippen MR) is 58.7 cm³/mol. The smallest absolute Gasteiger partial charge is 0.164 e. The van der Waals surface area contributed by atoms with Crippen molar-refractivity contribution in [3.05, 3.63) is 28.2 Å². The summed E-state index contributed by atoms with van der Waals surface area (Å²) in [5, 5.41) is 10.4. The molecule has 0 fully saturated rings. The zero-order valence-electron chi connectivity index (χ0n) is 8.77. The minimum Gasteiger partial charge on any atom is -0.313 e. The van der Waals surface area contributed by atoms with Crippen LogP contribution in [0.25, 0.3) is 0 Å². The maximum Gasteiger partial charge on any atom is 0.164 e. The number of aromatic nitrogens is 4. The Bertz CT molecular complexity index is 433. The summed E-state index contributed by atoms with van der Waals surface area (Å²) in [7, 11) is 1.88. The highest BCUT2D eigenvalue weighted by Gasteiger charge is 2.03. The first kappa shape index (κ1) is 10.3. The van der Waals surface area contributed by atoms with Crippen LogP contribution in [0.1, 0.15) is 16.5 Å². The normalized spacial score (nSPS) is 10.8. The second-order valence-corrected chi connectivity index (χ2v) is 4.21. The van der Waals surface area contributed by atoms with Gasteiger partial charge in [-0.15, -0.1) is 11.3 Å². The minimum absolute atomic E-state index is 0.698.